The van der Waals surface area contributed by atoms with Gasteiger partial charge >= 0.3 is 17.6 Å². The maximum Gasteiger partial charge on any atom is 0.343 e. The van der Waals surface area contributed by atoms with E-state index in [0.29, 0.717) is 5.75 Å². The van der Waals surface area contributed by atoms with Crippen molar-refractivity contribution in [3.05, 3.63) is 94.0 Å². The average molecular weight is 437 g/mol. The molecule has 0 fully saturated rings. The van der Waals surface area contributed by atoms with Gasteiger partial charge in [-0.1, -0.05) is 18.2 Å². The van der Waals surface area contributed by atoms with Gasteiger partial charge in [0.05, 0.1) is 23.2 Å². The molecule has 0 amide bonds. The number of carbonyl (C=O) groups is 2. The molecule has 0 aromatic heterocycles. The predicted molar refractivity (Wildman–Crippen MR) is 113 cm³/mol. The van der Waals surface area contributed by atoms with Gasteiger partial charge in [0, 0.05) is 6.07 Å². The smallest absolute Gasteiger partial charge is 0.343 e. The molecule has 0 radical (unpaired) electrons. The topological polar surface area (TPSA) is 114 Å². The van der Waals surface area contributed by atoms with Gasteiger partial charge in [0.15, 0.2) is 5.75 Å². The zero-order valence-electron chi connectivity index (χ0n) is 17.1. The van der Waals surface area contributed by atoms with Gasteiger partial charge in [-0.2, -0.15) is 0 Å². The molecule has 3 aromatic carbocycles. The molecule has 164 valence electrons. The normalized spacial score (nSPS) is 10.2. The first-order valence-corrected chi connectivity index (χ1v) is 9.47. The lowest BCUT2D eigenvalue weighted by Gasteiger charge is -2.08. The predicted octanol–water partition coefficient (Wildman–Crippen LogP) is 4.06. The van der Waals surface area contributed by atoms with Crippen LogP contribution in [0.2, 0.25) is 0 Å². The molecule has 0 aliphatic heterocycles. The van der Waals surface area contributed by atoms with Crippen LogP contribution >= 0.6 is 0 Å². The van der Waals surface area contributed by atoms with Crippen molar-refractivity contribution in [1.82, 2.24) is 0 Å². The second kappa shape index (κ2) is 10.6. The van der Waals surface area contributed by atoms with Gasteiger partial charge in [0.2, 0.25) is 0 Å². The van der Waals surface area contributed by atoms with Crippen LogP contribution in [0.3, 0.4) is 0 Å². The molecule has 0 spiro atoms. The van der Waals surface area contributed by atoms with Gasteiger partial charge in [-0.15, -0.1) is 0 Å². The Hall–Kier alpha value is -4.40. The number of esters is 2. The number of carbonyl (C=O) groups excluding carboxylic acids is 2. The Morgan fingerprint density at radius 2 is 1.53 bits per heavy atom. The molecule has 32 heavy (non-hydrogen) atoms. The van der Waals surface area contributed by atoms with E-state index in [1.165, 1.54) is 43.5 Å². The summed E-state index contributed by atoms with van der Waals surface area (Å²) in [4.78, 5) is 34.9. The number of nitro groups is 1. The van der Waals surface area contributed by atoms with E-state index >= 15 is 0 Å². The van der Waals surface area contributed by atoms with E-state index in [1.807, 2.05) is 18.2 Å². The summed E-state index contributed by atoms with van der Waals surface area (Å²) in [5, 5.41) is 11.1. The van der Waals surface area contributed by atoms with Crippen LogP contribution in [0, 0.1) is 10.1 Å². The Bertz CT molecular complexity index is 1100. The summed E-state index contributed by atoms with van der Waals surface area (Å²) in [7, 11) is 1.29. The highest BCUT2D eigenvalue weighted by atomic mass is 16.6. The Labute approximate surface area is 183 Å². The van der Waals surface area contributed by atoms with Gasteiger partial charge < -0.3 is 18.9 Å². The summed E-state index contributed by atoms with van der Waals surface area (Å²) < 4.78 is 20.7. The number of nitrogens with zero attached hydrogens (tertiary/aromatic N) is 1. The van der Waals surface area contributed by atoms with E-state index in [1.54, 1.807) is 12.1 Å². The summed E-state index contributed by atoms with van der Waals surface area (Å²) in [6.45, 7) is 0.278. The second-order valence-corrected chi connectivity index (χ2v) is 6.36. The van der Waals surface area contributed by atoms with Crippen LogP contribution in [0.5, 0.6) is 17.2 Å². The van der Waals surface area contributed by atoms with Crippen molar-refractivity contribution >= 4 is 17.6 Å². The minimum atomic E-state index is -0.788. The molecule has 9 nitrogen and oxygen atoms in total. The van der Waals surface area contributed by atoms with Crippen LogP contribution in [-0.4, -0.2) is 37.2 Å². The maximum atomic E-state index is 12.3. The number of nitro benzene ring substituents is 1. The second-order valence-electron chi connectivity index (χ2n) is 6.36. The lowest BCUT2D eigenvalue weighted by Crippen LogP contribution is -2.12. The van der Waals surface area contributed by atoms with Gasteiger partial charge in [-0.05, 0) is 48.5 Å². The van der Waals surface area contributed by atoms with Crippen molar-refractivity contribution in [2.24, 2.45) is 0 Å². The van der Waals surface area contributed by atoms with E-state index in [9.17, 15) is 19.7 Å². The Kier molecular flexibility index (Phi) is 7.37. The average Bonchev–Trinajstić information content (AvgIpc) is 2.82. The molecular formula is C23H19NO8. The fourth-order valence-electron chi connectivity index (χ4n) is 2.68. The first-order valence-electron chi connectivity index (χ1n) is 9.47. The molecule has 0 aliphatic rings. The van der Waals surface area contributed by atoms with Gasteiger partial charge in [-0.3, -0.25) is 10.1 Å². The van der Waals surface area contributed by atoms with Crippen molar-refractivity contribution in [2.75, 3.05) is 20.3 Å². The lowest BCUT2D eigenvalue weighted by atomic mass is 10.2. The standard InChI is InChI=1S/C23H19NO8/c1-29-21-12-9-17(15-20(21)24(27)28)23(26)32-19-10-7-16(8-11-19)22(25)31-14-13-30-18-5-3-2-4-6-18/h2-12,15H,13-14H2,1H3. The third-order valence-electron chi connectivity index (χ3n) is 4.24. The van der Waals surface area contributed by atoms with Crippen LogP contribution in [0.1, 0.15) is 20.7 Å². The van der Waals surface area contributed by atoms with Crippen molar-refractivity contribution in [3.8, 4) is 17.2 Å². The quantitative estimate of drug-likeness (QED) is 0.162. The minimum Gasteiger partial charge on any atom is -0.490 e. The largest absolute Gasteiger partial charge is 0.490 e. The summed E-state index contributed by atoms with van der Waals surface area (Å²) in [6.07, 6.45) is 0. The van der Waals surface area contributed by atoms with Crippen molar-refractivity contribution in [2.45, 2.75) is 0 Å². The number of methoxy groups -OCH3 is 1. The molecule has 0 heterocycles. The fourth-order valence-corrected chi connectivity index (χ4v) is 2.68. The van der Waals surface area contributed by atoms with Crippen LogP contribution < -0.4 is 14.2 Å². The molecule has 0 saturated heterocycles. The third-order valence-corrected chi connectivity index (χ3v) is 4.24. The van der Waals surface area contributed by atoms with E-state index in [0.717, 1.165) is 6.07 Å². The Morgan fingerprint density at radius 3 is 2.19 bits per heavy atom. The van der Waals surface area contributed by atoms with E-state index < -0.39 is 16.9 Å². The first kappa shape index (κ1) is 22.3. The number of para-hydroxylation sites is 1. The third kappa shape index (κ3) is 5.82. The highest BCUT2D eigenvalue weighted by molar-refractivity contribution is 5.93. The summed E-state index contributed by atoms with van der Waals surface area (Å²) >= 11 is 0. The van der Waals surface area contributed by atoms with Crippen molar-refractivity contribution in [1.29, 1.82) is 0 Å². The number of benzene rings is 3. The molecule has 3 rings (SSSR count). The summed E-state index contributed by atoms with van der Waals surface area (Å²) in [6, 6.07) is 18.6. The summed E-state index contributed by atoms with van der Waals surface area (Å²) in [5.41, 5.74) is -0.0970. The van der Waals surface area contributed by atoms with E-state index in [-0.39, 0.29) is 41.5 Å². The molecule has 3 aromatic rings. The maximum absolute atomic E-state index is 12.3. The van der Waals surface area contributed by atoms with Crippen LogP contribution in [0.4, 0.5) is 5.69 Å². The molecule has 0 bridgehead atoms. The zero-order valence-corrected chi connectivity index (χ0v) is 17.1. The molecular weight excluding hydrogens is 418 g/mol. The molecule has 0 atom stereocenters. The number of ether oxygens (including phenoxy) is 4. The van der Waals surface area contributed by atoms with E-state index in [2.05, 4.69) is 0 Å². The first-order chi connectivity index (χ1) is 15.5. The number of rotatable bonds is 9. The van der Waals surface area contributed by atoms with Crippen LogP contribution in [-0.2, 0) is 4.74 Å². The SMILES string of the molecule is COc1ccc(C(=O)Oc2ccc(C(=O)OCCOc3ccccc3)cc2)cc1[N+](=O)[O-]. The minimum absolute atomic E-state index is 0.0144. The molecule has 0 aliphatic carbocycles. The Morgan fingerprint density at radius 1 is 0.844 bits per heavy atom. The number of hydrogen-bond donors (Lipinski definition) is 0. The molecule has 9 heteroatoms. The molecule has 0 N–H and O–H groups in total. The van der Waals surface area contributed by atoms with Crippen molar-refractivity contribution < 1.29 is 33.5 Å². The van der Waals surface area contributed by atoms with Crippen LogP contribution in [0.25, 0.3) is 0 Å². The molecule has 0 unspecified atom stereocenters. The monoisotopic (exact) mass is 437 g/mol. The Balaban J connectivity index is 1.53. The highest BCUT2D eigenvalue weighted by Gasteiger charge is 2.19. The van der Waals surface area contributed by atoms with Crippen LogP contribution in [0.15, 0.2) is 72.8 Å². The number of hydrogen-bond acceptors (Lipinski definition) is 8. The van der Waals surface area contributed by atoms with Gasteiger partial charge in [-0.25, -0.2) is 9.59 Å². The highest BCUT2D eigenvalue weighted by Crippen LogP contribution is 2.28. The fraction of sp³-hybridized carbons (Fsp3) is 0.130. The molecule has 0 saturated carbocycles. The van der Waals surface area contributed by atoms with E-state index in [4.69, 9.17) is 18.9 Å². The zero-order chi connectivity index (χ0) is 22.9. The van der Waals surface area contributed by atoms with Crippen molar-refractivity contribution in [3.63, 3.8) is 0 Å². The van der Waals surface area contributed by atoms with Gasteiger partial charge in [0.1, 0.15) is 24.7 Å². The van der Waals surface area contributed by atoms with Gasteiger partial charge in [0.25, 0.3) is 0 Å². The lowest BCUT2D eigenvalue weighted by molar-refractivity contribution is -0.385. The summed E-state index contributed by atoms with van der Waals surface area (Å²) in [5.74, 6) is -0.465.